The van der Waals surface area contributed by atoms with E-state index in [1.807, 2.05) is 0 Å². The van der Waals surface area contributed by atoms with E-state index in [9.17, 15) is 9.59 Å². The molecule has 2 aromatic rings. The fourth-order valence-electron chi connectivity index (χ4n) is 1.48. The molecule has 0 aromatic carbocycles. The molecular formula is C13H14N4O3. The maximum atomic E-state index is 11.9. The highest BCUT2D eigenvalue weighted by molar-refractivity contribution is 5.97. The molecule has 7 nitrogen and oxygen atoms in total. The molecule has 0 saturated carbocycles. The van der Waals surface area contributed by atoms with Crippen LogP contribution in [0.5, 0.6) is 0 Å². The first-order valence-corrected chi connectivity index (χ1v) is 5.90. The summed E-state index contributed by atoms with van der Waals surface area (Å²) < 4.78 is 1.70. The maximum Gasteiger partial charge on any atom is 0.328 e. The number of nitrogens with zero attached hydrogens (tertiary/aromatic N) is 3. The lowest BCUT2D eigenvalue weighted by atomic mass is 10.1. The zero-order chi connectivity index (χ0) is 14.8. The van der Waals surface area contributed by atoms with Crippen LogP contribution >= 0.6 is 0 Å². The van der Waals surface area contributed by atoms with Crippen molar-refractivity contribution in [2.24, 2.45) is 0 Å². The van der Waals surface area contributed by atoms with Crippen molar-refractivity contribution >= 4 is 11.9 Å². The van der Waals surface area contributed by atoms with Crippen molar-refractivity contribution < 1.29 is 14.7 Å². The summed E-state index contributed by atoms with van der Waals surface area (Å²) in [6, 6.07) is 3.24. The number of hydrogen-bond acceptors (Lipinski definition) is 4. The molecule has 2 N–H and O–H groups in total. The smallest absolute Gasteiger partial charge is 0.328 e. The molecule has 2 rings (SSSR count). The first kappa shape index (κ1) is 13.7. The van der Waals surface area contributed by atoms with Crippen molar-refractivity contribution in [2.45, 2.75) is 19.4 Å². The molecule has 0 aliphatic carbocycles. The number of hydrogen-bond donors (Lipinski definition) is 2. The number of nitrogens with one attached hydrogen (secondary N) is 1. The summed E-state index contributed by atoms with van der Waals surface area (Å²) >= 11 is 0. The number of rotatable bonds is 4. The van der Waals surface area contributed by atoms with E-state index < -0.39 is 17.4 Å². The molecule has 0 aliphatic heterocycles. The normalized spacial score (nSPS) is 11.1. The third-order valence-electron chi connectivity index (χ3n) is 2.74. The molecule has 7 heteroatoms. The molecule has 2 heterocycles. The number of amides is 1. The summed E-state index contributed by atoms with van der Waals surface area (Å²) in [6.07, 6.45) is 6.34. The zero-order valence-corrected chi connectivity index (χ0v) is 11.1. The monoisotopic (exact) mass is 274 g/mol. The van der Waals surface area contributed by atoms with Gasteiger partial charge in [0.1, 0.15) is 17.7 Å². The lowest BCUT2D eigenvalue weighted by Gasteiger charge is -2.20. The van der Waals surface area contributed by atoms with Crippen LogP contribution in [0.4, 0.5) is 0 Å². The Morgan fingerprint density at radius 1 is 1.35 bits per heavy atom. The summed E-state index contributed by atoms with van der Waals surface area (Å²) in [6.45, 7) is 2.83. The Kier molecular flexibility index (Phi) is 3.51. The SMILES string of the molecule is CC(C)(NC(=O)c1ccc(-n2ccnc2)nc1)C(=O)O. The third-order valence-corrected chi connectivity index (χ3v) is 2.74. The fourth-order valence-corrected chi connectivity index (χ4v) is 1.48. The Bertz CT molecular complexity index is 618. The lowest BCUT2D eigenvalue weighted by Crippen LogP contribution is -2.49. The van der Waals surface area contributed by atoms with Crippen molar-refractivity contribution in [1.82, 2.24) is 19.9 Å². The minimum Gasteiger partial charge on any atom is -0.480 e. The second kappa shape index (κ2) is 5.12. The van der Waals surface area contributed by atoms with E-state index in [4.69, 9.17) is 5.11 Å². The van der Waals surface area contributed by atoms with Crippen molar-refractivity contribution in [1.29, 1.82) is 0 Å². The summed E-state index contributed by atoms with van der Waals surface area (Å²) in [5.74, 6) is -0.965. The third kappa shape index (κ3) is 2.82. The van der Waals surface area contributed by atoms with Gasteiger partial charge in [0.15, 0.2) is 0 Å². The molecule has 0 atom stereocenters. The zero-order valence-electron chi connectivity index (χ0n) is 11.1. The van der Waals surface area contributed by atoms with Crippen molar-refractivity contribution in [2.75, 3.05) is 0 Å². The molecule has 1 amide bonds. The highest BCUT2D eigenvalue weighted by Gasteiger charge is 2.29. The number of carbonyl (C=O) groups excluding carboxylic acids is 1. The van der Waals surface area contributed by atoms with Crippen LogP contribution in [0, 0.1) is 0 Å². The molecule has 104 valence electrons. The molecule has 20 heavy (non-hydrogen) atoms. The van der Waals surface area contributed by atoms with Gasteiger partial charge >= 0.3 is 5.97 Å². The van der Waals surface area contributed by atoms with Gasteiger partial charge in [0.2, 0.25) is 0 Å². The number of aliphatic carboxylic acids is 1. The van der Waals surface area contributed by atoms with Crippen LogP contribution < -0.4 is 5.32 Å². The molecular weight excluding hydrogens is 260 g/mol. The molecule has 0 unspecified atom stereocenters. The van der Waals surface area contributed by atoms with Gasteiger partial charge < -0.3 is 10.4 Å². The quantitative estimate of drug-likeness (QED) is 0.861. The number of aromatic nitrogens is 3. The molecule has 0 bridgehead atoms. The predicted molar refractivity (Wildman–Crippen MR) is 70.5 cm³/mol. The van der Waals surface area contributed by atoms with Gasteiger partial charge in [0.05, 0.1) is 5.56 Å². The molecule has 0 radical (unpaired) electrons. The van der Waals surface area contributed by atoms with Gasteiger partial charge in [0, 0.05) is 18.6 Å². The largest absolute Gasteiger partial charge is 0.480 e. The van der Waals surface area contributed by atoms with E-state index in [1.165, 1.54) is 20.0 Å². The standard InChI is InChI=1S/C13H14N4O3/c1-13(2,12(19)20)16-11(18)9-3-4-10(15-7-9)17-6-5-14-8-17/h3-8H,1-2H3,(H,16,18)(H,19,20). The van der Waals surface area contributed by atoms with Crippen LogP contribution in [0.3, 0.4) is 0 Å². The van der Waals surface area contributed by atoms with Crippen LogP contribution in [0.1, 0.15) is 24.2 Å². The van der Waals surface area contributed by atoms with E-state index in [0.29, 0.717) is 11.4 Å². The Morgan fingerprint density at radius 2 is 2.10 bits per heavy atom. The average Bonchev–Trinajstić information content (AvgIpc) is 2.92. The highest BCUT2D eigenvalue weighted by atomic mass is 16.4. The van der Waals surface area contributed by atoms with Gasteiger partial charge in [-0.05, 0) is 26.0 Å². The maximum absolute atomic E-state index is 11.9. The number of pyridine rings is 1. The number of carbonyl (C=O) groups is 2. The van der Waals surface area contributed by atoms with Crippen LogP contribution in [-0.4, -0.2) is 37.1 Å². The topological polar surface area (TPSA) is 97.1 Å². The van der Waals surface area contributed by atoms with Crippen LogP contribution in [-0.2, 0) is 4.79 Å². The summed E-state index contributed by atoms with van der Waals surface area (Å²) in [4.78, 5) is 30.9. The average molecular weight is 274 g/mol. The minimum atomic E-state index is -1.33. The van der Waals surface area contributed by atoms with Gasteiger partial charge in [-0.1, -0.05) is 0 Å². The molecule has 2 aromatic heterocycles. The molecule has 0 spiro atoms. The Labute approximate surface area is 115 Å². The second-order valence-electron chi connectivity index (χ2n) is 4.76. The van der Waals surface area contributed by atoms with Crippen molar-refractivity contribution in [3.63, 3.8) is 0 Å². The number of carboxylic acids is 1. The fraction of sp³-hybridized carbons (Fsp3) is 0.231. The summed E-state index contributed by atoms with van der Waals surface area (Å²) in [5.41, 5.74) is -1.04. The van der Waals surface area contributed by atoms with E-state index in [0.717, 1.165) is 0 Å². The van der Waals surface area contributed by atoms with E-state index in [-0.39, 0.29) is 0 Å². The minimum absolute atomic E-state index is 0.295. The van der Waals surface area contributed by atoms with Gasteiger partial charge in [-0.25, -0.2) is 14.8 Å². The van der Waals surface area contributed by atoms with Gasteiger partial charge in [-0.15, -0.1) is 0 Å². The van der Waals surface area contributed by atoms with Gasteiger partial charge in [-0.3, -0.25) is 9.36 Å². The summed E-state index contributed by atoms with van der Waals surface area (Å²) in [7, 11) is 0. The van der Waals surface area contributed by atoms with E-state index >= 15 is 0 Å². The van der Waals surface area contributed by atoms with Gasteiger partial charge in [0.25, 0.3) is 5.91 Å². The first-order chi connectivity index (χ1) is 9.40. The number of imidazole rings is 1. The second-order valence-corrected chi connectivity index (χ2v) is 4.76. The summed E-state index contributed by atoms with van der Waals surface area (Å²) in [5, 5.41) is 11.4. The number of carboxylic acid groups (broad SMARTS) is 1. The molecule has 0 fully saturated rings. The Morgan fingerprint density at radius 3 is 2.60 bits per heavy atom. The predicted octanol–water partition coefficient (Wildman–Crippen LogP) is 0.860. The molecule has 0 saturated heterocycles. The molecule has 0 aliphatic rings. The van der Waals surface area contributed by atoms with Crippen molar-refractivity contribution in [3.8, 4) is 5.82 Å². The first-order valence-electron chi connectivity index (χ1n) is 5.90. The van der Waals surface area contributed by atoms with Crippen LogP contribution in [0.25, 0.3) is 5.82 Å². The van der Waals surface area contributed by atoms with E-state index in [1.54, 1.807) is 35.4 Å². The Hall–Kier alpha value is -2.70. The van der Waals surface area contributed by atoms with Gasteiger partial charge in [-0.2, -0.15) is 0 Å². The van der Waals surface area contributed by atoms with E-state index in [2.05, 4.69) is 15.3 Å². The lowest BCUT2D eigenvalue weighted by molar-refractivity contribution is -0.143. The highest BCUT2D eigenvalue weighted by Crippen LogP contribution is 2.08. The van der Waals surface area contributed by atoms with Crippen LogP contribution in [0.2, 0.25) is 0 Å². The Balaban J connectivity index is 2.14. The van der Waals surface area contributed by atoms with Crippen LogP contribution in [0.15, 0.2) is 37.1 Å². The van der Waals surface area contributed by atoms with Crippen molar-refractivity contribution in [3.05, 3.63) is 42.6 Å².